The first-order valence-corrected chi connectivity index (χ1v) is 7.00. The fraction of sp³-hybridized carbons (Fsp3) is 0.462. The van der Waals surface area contributed by atoms with E-state index < -0.39 is 5.97 Å². The van der Waals surface area contributed by atoms with Crippen molar-refractivity contribution in [2.75, 3.05) is 30.8 Å². The van der Waals surface area contributed by atoms with Gasteiger partial charge < -0.3 is 15.2 Å². The van der Waals surface area contributed by atoms with Crippen LogP contribution < -0.4 is 5.32 Å². The van der Waals surface area contributed by atoms with E-state index in [4.69, 9.17) is 4.74 Å². The van der Waals surface area contributed by atoms with Crippen LogP contribution >= 0.6 is 11.8 Å². The van der Waals surface area contributed by atoms with Crippen molar-refractivity contribution in [3.63, 3.8) is 0 Å². The molecule has 0 atom stereocenters. The number of benzene rings is 1. The first-order valence-electron chi connectivity index (χ1n) is 6.01. The molecule has 0 saturated carbocycles. The number of carboxylic acid groups (broad SMARTS) is 1. The lowest BCUT2D eigenvalue weighted by Crippen LogP contribution is -2.13. The van der Waals surface area contributed by atoms with Gasteiger partial charge in [-0.1, -0.05) is 13.0 Å². The highest BCUT2D eigenvalue weighted by molar-refractivity contribution is 7.99. The minimum atomic E-state index is -0.898. The molecule has 0 aromatic heterocycles. The molecule has 1 aromatic carbocycles. The summed E-state index contributed by atoms with van der Waals surface area (Å²) >= 11 is 1.54. The molecule has 18 heavy (non-hydrogen) atoms. The van der Waals surface area contributed by atoms with Crippen LogP contribution in [-0.2, 0) is 4.74 Å². The lowest BCUT2D eigenvalue weighted by molar-refractivity contribution is 0.0694. The second kappa shape index (κ2) is 8.00. The van der Waals surface area contributed by atoms with E-state index in [-0.39, 0.29) is 0 Å². The molecule has 2 N–H and O–H groups in total. The topological polar surface area (TPSA) is 58.6 Å². The van der Waals surface area contributed by atoms with Crippen molar-refractivity contribution in [2.45, 2.75) is 18.7 Å². The lowest BCUT2D eigenvalue weighted by atomic mass is 10.2. The number of ether oxygens (including phenoxy) is 1. The van der Waals surface area contributed by atoms with Gasteiger partial charge in [-0.05, 0) is 24.8 Å². The van der Waals surface area contributed by atoms with E-state index in [0.717, 1.165) is 10.6 Å². The highest BCUT2D eigenvalue weighted by Crippen LogP contribution is 2.28. The van der Waals surface area contributed by atoms with Gasteiger partial charge in [0.25, 0.3) is 0 Å². The maximum Gasteiger partial charge on any atom is 0.338 e. The van der Waals surface area contributed by atoms with Crippen molar-refractivity contribution in [1.29, 1.82) is 0 Å². The van der Waals surface area contributed by atoms with Gasteiger partial charge in [0, 0.05) is 23.7 Å². The average Bonchev–Trinajstić information content (AvgIpc) is 2.35. The molecule has 0 fully saturated rings. The Hall–Kier alpha value is -1.20. The van der Waals surface area contributed by atoms with Gasteiger partial charge in [0.1, 0.15) is 0 Å². The number of carboxylic acids is 1. The van der Waals surface area contributed by atoms with Crippen molar-refractivity contribution >= 4 is 23.4 Å². The summed E-state index contributed by atoms with van der Waals surface area (Å²) in [6, 6.07) is 5.49. The molecule has 0 amide bonds. The number of nitrogens with one attached hydrogen (secondary N) is 1. The highest BCUT2D eigenvalue weighted by Gasteiger charge is 2.14. The second-order valence-electron chi connectivity index (χ2n) is 3.54. The molecule has 100 valence electrons. The molecule has 0 aliphatic rings. The van der Waals surface area contributed by atoms with Crippen molar-refractivity contribution in [1.82, 2.24) is 0 Å². The molecule has 0 aliphatic carbocycles. The Balaban J connectivity index is 2.82. The number of anilines is 1. The summed E-state index contributed by atoms with van der Waals surface area (Å²) < 4.78 is 5.22. The van der Waals surface area contributed by atoms with Gasteiger partial charge >= 0.3 is 5.97 Å². The molecule has 1 rings (SSSR count). The number of thioether (sulfide) groups is 1. The van der Waals surface area contributed by atoms with Gasteiger partial charge in [-0.3, -0.25) is 0 Å². The zero-order valence-electron chi connectivity index (χ0n) is 10.7. The SMILES string of the molecule is CCOCCNc1cccc(SCC)c1C(=O)O. The molecule has 4 nitrogen and oxygen atoms in total. The van der Waals surface area contributed by atoms with E-state index in [2.05, 4.69) is 5.32 Å². The highest BCUT2D eigenvalue weighted by atomic mass is 32.2. The molecule has 0 heterocycles. The maximum atomic E-state index is 11.3. The fourth-order valence-corrected chi connectivity index (χ4v) is 2.40. The summed E-state index contributed by atoms with van der Waals surface area (Å²) in [5, 5.41) is 12.4. The zero-order valence-corrected chi connectivity index (χ0v) is 11.5. The number of hydrogen-bond donors (Lipinski definition) is 2. The first-order chi connectivity index (χ1) is 8.70. The molecule has 1 aromatic rings. The Morgan fingerprint density at radius 1 is 1.44 bits per heavy atom. The predicted molar refractivity (Wildman–Crippen MR) is 74.8 cm³/mol. The van der Waals surface area contributed by atoms with E-state index in [0.29, 0.717) is 31.0 Å². The normalized spacial score (nSPS) is 10.3. The average molecular weight is 269 g/mol. The molecule has 0 bridgehead atoms. The van der Waals surface area contributed by atoms with Crippen molar-refractivity contribution in [3.05, 3.63) is 23.8 Å². The molecule has 5 heteroatoms. The lowest BCUT2D eigenvalue weighted by Gasteiger charge is -2.12. The van der Waals surface area contributed by atoms with Crippen LogP contribution in [-0.4, -0.2) is 36.6 Å². The van der Waals surface area contributed by atoms with Crippen LogP contribution in [0.4, 0.5) is 5.69 Å². The summed E-state index contributed by atoms with van der Waals surface area (Å²) in [7, 11) is 0. The molecule has 0 aliphatic heterocycles. The Labute approximate surface area is 112 Å². The summed E-state index contributed by atoms with van der Waals surface area (Å²) in [6.07, 6.45) is 0. The molecule has 0 saturated heterocycles. The van der Waals surface area contributed by atoms with Crippen LogP contribution in [0.5, 0.6) is 0 Å². The van der Waals surface area contributed by atoms with Crippen LogP contribution in [0, 0.1) is 0 Å². The van der Waals surface area contributed by atoms with E-state index in [1.165, 1.54) is 11.8 Å². The van der Waals surface area contributed by atoms with Gasteiger partial charge in [-0.25, -0.2) is 4.79 Å². The third-order valence-corrected chi connectivity index (χ3v) is 3.25. The predicted octanol–water partition coefficient (Wildman–Crippen LogP) is 2.95. The summed E-state index contributed by atoms with van der Waals surface area (Å²) in [5.74, 6) is -0.0478. The number of rotatable bonds is 8. The zero-order chi connectivity index (χ0) is 13.4. The van der Waals surface area contributed by atoms with Crippen LogP contribution in [0.1, 0.15) is 24.2 Å². The van der Waals surface area contributed by atoms with Gasteiger partial charge in [-0.15, -0.1) is 11.8 Å². The Bertz CT molecular complexity index is 396. The minimum Gasteiger partial charge on any atom is -0.478 e. The molecular weight excluding hydrogens is 250 g/mol. The number of aromatic carboxylic acids is 1. The van der Waals surface area contributed by atoms with Gasteiger partial charge in [-0.2, -0.15) is 0 Å². The fourth-order valence-electron chi connectivity index (χ4n) is 1.58. The van der Waals surface area contributed by atoms with Crippen molar-refractivity contribution < 1.29 is 14.6 Å². The van der Waals surface area contributed by atoms with Crippen molar-refractivity contribution in [3.8, 4) is 0 Å². The smallest absolute Gasteiger partial charge is 0.338 e. The summed E-state index contributed by atoms with van der Waals surface area (Å²) in [4.78, 5) is 12.1. The maximum absolute atomic E-state index is 11.3. The van der Waals surface area contributed by atoms with Crippen LogP contribution in [0.2, 0.25) is 0 Å². The standard InChI is InChI=1S/C13H19NO3S/c1-3-17-9-8-14-10-6-5-7-11(18-4-2)12(10)13(15)16/h5-7,14H,3-4,8-9H2,1-2H3,(H,15,16). The largest absolute Gasteiger partial charge is 0.478 e. The Morgan fingerprint density at radius 2 is 2.22 bits per heavy atom. The molecular formula is C13H19NO3S. The van der Waals surface area contributed by atoms with E-state index >= 15 is 0 Å². The number of carbonyl (C=O) groups is 1. The van der Waals surface area contributed by atoms with E-state index in [9.17, 15) is 9.90 Å². The number of hydrogen-bond acceptors (Lipinski definition) is 4. The molecule has 0 unspecified atom stereocenters. The van der Waals surface area contributed by atoms with Crippen LogP contribution in [0.25, 0.3) is 0 Å². The quantitative estimate of drug-likeness (QED) is 0.561. The van der Waals surface area contributed by atoms with E-state index in [1.807, 2.05) is 26.0 Å². The molecule has 0 spiro atoms. The van der Waals surface area contributed by atoms with Gasteiger partial charge in [0.05, 0.1) is 12.2 Å². The monoisotopic (exact) mass is 269 g/mol. The van der Waals surface area contributed by atoms with Gasteiger partial charge in [0.15, 0.2) is 0 Å². The Kier molecular flexibility index (Phi) is 6.60. The third kappa shape index (κ3) is 4.23. The minimum absolute atomic E-state index is 0.348. The van der Waals surface area contributed by atoms with Crippen LogP contribution in [0.15, 0.2) is 23.1 Å². The van der Waals surface area contributed by atoms with Gasteiger partial charge in [0.2, 0.25) is 0 Å². The third-order valence-electron chi connectivity index (χ3n) is 2.31. The summed E-state index contributed by atoms with van der Waals surface area (Å²) in [5.41, 5.74) is 1.00. The van der Waals surface area contributed by atoms with Crippen molar-refractivity contribution in [2.24, 2.45) is 0 Å². The molecule has 0 radical (unpaired) electrons. The summed E-state index contributed by atoms with van der Waals surface area (Å²) in [6.45, 7) is 5.78. The Morgan fingerprint density at radius 3 is 2.83 bits per heavy atom. The van der Waals surface area contributed by atoms with Crippen LogP contribution in [0.3, 0.4) is 0 Å². The first kappa shape index (κ1) is 14.9. The second-order valence-corrected chi connectivity index (χ2v) is 4.85. The van der Waals surface area contributed by atoms with E-state index in [1.54, 1.807) is 6.07 Å².